The SMILES string of the molecule is COc1ccc(S(=O)(=O)N2C[C@H]3CNC[C@H]3C2)cc1F. The van der Waals surface area contributed by atoms with Crippen LogP contribution in [0.5, 0.6) is 5.75 Å². The molecule has 0 bridgehead atoms. The van der Waals surface area contributed by atoms with Gasteiger partial charge in [0.05, 0.1) is 12.0 Å². The van der Waals surface area contributed by atoms with Crippen LogP contribution < -0.4 is 10.1 Å². The summed E-state index contributed by atoms with van der Waals surface area (Å²) in [6.07, 6.45) is 0. The lowest BCUT2D eigenvalue weighted by Gasteiger charge is -2.17. The number of nitrogens with one attached hydrogen (secondary N) is 1. The van der Waals surface area contributed by atoms with Gasteiger partial charge < -0.3 is 10.1 Å². The summed E-state index contributed by atoms with van der Waals surface area (Å²) in [6, 6.07) is 3.77. The molecule has 2 aliphatic heterocycles. The first-order chi connectivity index (χ1) is 9.52. The fourth-order valence-corrected chi connectivity index (χ4v) is 4.53. The van der Waals surface area contributed by atoms with Crippen molar-refractivity contribution in [3.8, 4) is 5.75 Å². The van der Waals surface area contributed by atoms with E-state index in [0.29, 0.717) is 24.9 Å². The number of rotatable bonds is 3. The van der Waals surface area contributed by atoms with Crippen LogP contribution in [-0.2, 0) is 10.0 Å². The third kappa shape index (κ3) is 2.19. The highest BCUT2D eigenvalue weighted by Gasteiger charge is 2.41. The summed E-state index contributed by atoms with van der Waals surface area (Å²) in [6.45, 7) is 2.72. The van der Waals surface area contributed by atoms with Gasteiger partial charge in [-0.05, 0) is 43.1 Å². The van der Waals surface area contributed by atoms with Gasteiger partial charge in [0.15, 0.2) is 11.6 Å². The average molecular weight is 300 g/mol. The van der Waals surface area contributed by atoms with Gasteiger partial charge in [-0.1, -0.05) is 0 Å². The summed E-state index contributed by atoms with van der Waals surface area (Å²) < 4.78 is 45.0. The van der Waals surface area contributed by atoms with Crippen molar-refractivity contribution in [3.63, 3.8) is 0 Å². The molecule has 1 aromatic rings. The van der Waals surface area contributed by atoms with E-state index >= 15 is 0 Å². The molecule has 0 radical (unpaired) electrons. The van der Waals surface area contributed by atoms with Crippen LogP contribution in [0.25, 0.3) is 0 Å². The largest absolute Gasteiger partial charge is 0.494 e. The van der Waals surface area contributed by atoms with E-state index in [9.17, 15) is 12.8 Å². The number of ether oxygens (including phenoxy) is 1. The van der Waals surface area contributed by atoms with E-state index in [1.54, 1.807) is 0 Å². The van der Waals surface area contributed by atoms with E-state index in [2.05, 4.69) is 5.32 Å². The van der Waals surface area contributed by atoms with Gasteiger partial charge in [0.1, 0.15) is 0 Å². The molecule has 5 nitrogen and oxygen atoms in total. The monoisotopic (exact) mass is 300 g/mol. The molecule has 3 rings (SSSR count). The van der Waals surface area contributed by atoms with Crippen molar-refractivity contribution in [2.75, 3.05) is 33.3 Å². The zero-order valence-electron chi connectivity index (χ0n) is 11.2. The minimum atomic E-state index is -3.62. The lowest BCUT2D eigenvalue weighted by molar-refractivity contribution is 0.385. The molecule has 0 aromatic heterocycles. The molecule has 0 amide bonds. The Hall–Kier alpha value is -1.18. The van der Waals surface area contributed by atoms with Gasteiger partial charge in [-0.25, -0.2) is 12.8 Å². The molecule has 2 fully saturated rings. The number of methoxy groups -OCH3 is 1. The zero-order valence-corrected chi connectivity index (χ0v) is 12.0. The van der Waals surface area contributed by atoms with E-state index in [1.807, 2.05) is 0 Å². The first kappa shape index (κ1) is 13.8. The number of hydrogen-bond donors (Lipinski definition) is 1. The second kappa shape index (κ2) is 4.98. The van der Waals surface area contributed by atoms with Crippen LogP contribution in [0.1, 0.15) is 0 Å². The average Bonchev–Trinajstić information content (AvgIpc) is 2.99. The molecule has 1 aromatic carbocycles. The topological polar surface area (TPSA) is 58.6 Å². The normalized spacial score (nSPS) is 26.7. The minimum Gasteiger partial charge on any atom is -0.494 e. The van der Waals surface area contributed by atoms with Crippen LogP contribution in [0.2, 0.25) is 0 Å². The molecule has 0 unspecified atom stereocenters. The molecule has 20 heavy (non-hydrogen) atoms. The van der Waals surface area contributed by atoms with E-state index < -0.39 is 15.8 Å². The maximum atomic E-state index is 13.7. The summed E-state index contributed by atoms with van der Waals surface area (Å²) in [5.74, 6) is 0.127. The first-order valence-electron chi connectivity index (χ1n) is 6.57. The van der Waals surface area contributed by atoms with Gasteiger partial charge >= 0.3 is 0 Å². The Balaban J connectivity index is 1.87. The lowest BCUT2D eigenvalue weighted by atomic mass is 10.0. The van der Waals surface area contributed by atoms with Crippen molar-refractivity contribution in [1.29, 1.82) is 0 Å². The second-order valence-electron chi connectivity index (χ2n) is 5.30. The summed E-state index contributed by atoms with van der Waals surface area (Å²) in [4.78, 5) is -0.0104. The Morgan fingerprint density at radius 2 is 1.95 bits per heavy atom. The highest BCUT2D eigenvalue weighted by atomic mass is 32.2. The van der Waals surface area contributed by atoms with Crippen LogP contribution in [-0.4, -0.2) is 46.0 Å². The van der Waals surface area contributed by atoms with Crippen LogP contribution in [0.3, 0.4) is 0 Å². The summed E-state index contributed by atoms with van der Waals surface area (Å²) in [5, 5.41) is 3.26. The smallest absolute Gasteiger partial charge is 0.243 e. The Bertz CT molecular complexity index is 608. The number of hydrogen-bond acceptors (Lipinski definition) is 4. The lowest BCUT2D eigenvalue weighted by Crippen LogP contribution is -2.32. The number of benzene rings is 1. The first-order valence-corrected chi connectivity index (χ1v) is 8.01. The molecular formula is C13H17FN2O3S. The summed E-state index contributed by atoms with van der Waals surface area (Å²) >= 11 is 0. The predicted octanol–water partition coefficient (Wildman–Crippen LogP) is 0.674. The zero-order chi connectivity index (χ0) is 14.3. The van der Waals surface area contributed by atoms with Crippen molar-refractivity contribution in [1.82, 2.24) is 9.62 Å². The summed E-state index contributed by atoms with van der Waals surface area (Å²) in [5.41, 5.74) is 0. The maximum absolute atomic E-state index is 13.7. The molecule has 2 aliphatic rings. The molecule has 0 aliphatic carbocycles. The van der Waals surface area contributed by atoms with Crippen LogP contribution in [0.4, 0.5) is 4.39 Å². The highest BCUT2D eigenvalue weighted by Crippen LogP contribution is 2.31. The predicted molar refractivity (Wildman–Crippen MR) is 71.6 cm³/mol. The Morgan fingerprint density at radius 3 is 2.50 bits per heavy atom. The van der Waals surface area contributed by atoms with E-state index in [0.717, 1.165) is 19.2 Å². The van der Waals surface area contributed by atoms with Crippen molar-refractivity contribution in [2.45, 2.75) is 4.90 Å². The Morgan fingerprint density at radius 1 is 1.30 bits per heavy atom. The molecule has 0 saturated carbocycles. The summed E-state index contributed by atoms with van der Waals surface area (Å²) in [7, 11) is -2.27. The molecule has 0 spiro atoms. The molecule has 1 N–H and O–H groups in total. The standard InChI is InChI=1S/C13H17FN2O3S/c1-19-13-3-2-11(4-12(13)14)20(17,18)16-7-9-5-15-6-10(9)8-16/h2-4,9-10,15H,5-8H2,1H3/t9-,10+. The van der Waals surface area contributed by atoms with E-state index in [1.165, 1.54) is 23.5 Å². The number of halogens is 1. The van der Waals surface area contributed by atoms with Gasteiger partial charge in [-0.3, -0.25) is 0 Å². The minimum absolute atomic E-state index is 0.0104. The fourth-order valence-electron chi connectivity index (χ4n) is 2.97. The number of sulfonamides is 1. The van der Waals surface area contributed by atoms with E-state index in [4.69, 9.17) is 4.74 Å². The molecule has 110 valence electrons. The fraction of sp³-hybridized carbons (Fsp3) is 0.538. The quantitative estimate of drug-likeness (QED) is 0.891. The maximum Gasteiger partial charge on any atom is 0.243 e. The highest BCUT2D eigenvalue weighted by molar-refractivity contribution is 7.89. The molecule has 7 heteroatoms. The van der Waals surface area contributed by atoms with Crippen molar-refractivity contribution < 1.29 is 17.5 Å². The second-order valence-corrected chi connectivity index (χ2v) is 7.23. The Labute approximate surface area is 117 Å². The van der Waals surface area contributed by atoms with Crippen molar-refractivity contribution in [3.05, 3.63) is 24.0 Å². The molecule has 2 saturated heterocycles. The Kier molecular flexibility index (Phi) is 3.43. The van der Waals surface area contributed by atoms with Gasteiger partial charge in [-0.2, -0.15) is 4.31 Å². The van der Waals surface area contributed by atoms with Gasteiger partial charge in [0.2, 0.25) is 10.0 Å². The van der Waals surface area contributed by atoms with Crippen molar-refractivity contribution in [2.24, 2.45) is 11.8 Å². The molecule has 2 atom stereocenters. The third-order valence-corrected chi connectivity index (χ3v) is 5.94. The van der Waals surface area contributed by atoms with Crippen LogP contribution >= 0.6 is 0 Å². The van der Waals surface area contributed by atoms with E-state index in [-0.39, 0.29) is 10.6 Å². The van der Waals surface area contributed by atoms with Crippen molar-refractivity contribution >= 4 is 10.0 Å². The van der Waals surface area contributed by atoms with Gasteiger partial charge in [0.25, 0.3) is 0 Å². The molecule has 2 heterocycles. The van der Waals surface area contributed by atoms with Crippen LogP contribution in [0, 0.1) is 17.7 Å². The van der Waals surface area contributed by atoms with Crippen LogP contribution in [0.15, 0.2) is 23.1 Å². The molecular weight excluding hydrogens is 283 g/mol. The van der Waals surface area contributed by atoms with Gasteiger partial charge in [0, 0.05) is 13.1 Å². The number of nitrogens with zero attached hydrogens (tertiary/aromatic N) is 1. The van der Waals surface area contributed by atoms with Gasteiger partial charge in [-0.15, -0.1) is 0 Å². The number of fused-ring (bicyclic) bond motifs is 1. The third-order valence-electron chi connectivity index (χ3n) is 4.12.